The number of aliphatic carboxylic acids is 1. The highest BCUT2D eigenvalue weighted by atomic mass is 16.4. The van der Waals surface area contributed by atoms with E-state index < -0.39 is 11.5 Å². The summed E-state index contributed by atoms with van der Waals surface area (Å²) in [6.07, 6.45) is 1.87. The zero-order valence-corrected chi connectivity index (χ0v) is 12.7. The van der Waals surface area contributed by atoms with Crippen LogP contribution in [-0.2, 0) is 4.79 Å². The van der Waals surface area contributed by atoms with Gasteiger partial charge in [-0.1, -0.05) is 24.6 Å². The number of amides is 1. The van der Waals surface area contributed by atoms with Crippen molar-refractivity contribution in [2.75, 3.05) is 6.54 Å². The van der Waals surface area contributed by atoms with E-state index in [0.717, 1.165) is 5.56 Å². The normalized spacial score (nSPS) is 13.5. The lowest BCUT2D eigenvalue weighted by molar-refractivity contribution is -0.137. The van der Waals surface area contributed by atoms with Crippen LogP contribution in [0.5, 0.6) is 0 Å². The molecule has 0 saturated carbocycles. The largest absolute Gasteiger partial charge is 0.481 e. The Balaban J connectivity index is 2.51. The van der Waals surface area contributed by atoms with E-state index in [4.69, 9.17) is 10.8 Å². The Kier molecular flexibility index (Phi) is 6.37. The SMILES string of the molecule is CCC(N)(CCCC(=O)O)CNC(=O)c1ccc(C)cc1. The molecule has 0 aliphatic heterocycles. The highest BCUT2D eigenvalue weighted by molar-refractivity contribution is 5.94. The van der Waals surface area contributed by atoms with Gasteiger partial charge < -0.3 is 16.2 Å². The van der Waals surface area contributed by atoms with Crippen molar-refractivity contribution >= 4 is 11.9 Å². The van der Waals surface area contributed by atoms with Crippen molar-refractivity contribution in [2.24, 2.45) is 5.73 Å². The van der Waals surface area contributed by atoms with Gasteiger partial charge in [0.15, 0.2) is 0 Å². The first-order chi connectivity index (χ1) is 9.86. The third-order valence-corrected chi connectivity index (χ3v) is 3.68. The number of nitrogens with one attached hydrogen (secondary N) is 1. The number of hydrogen-bond donors (Lipinski definition) is 3. The van der Waals surface area contributed by atoms with Crippen LogP contribution in [0.1, 0.15) is 48.5 Å². The number of rotatable bonds is 8. The molecule has 1 atom stereocenters. The van der Waals surface area contributed by atoms with Crippen molar-refractivity contribution in [3.63, 3.8) is 0 Å². The van der Waals surface area contributed by atoms with E-state index in [9.17, 15) is 9.59 Å². The van der Waals surface area contributed by atoms with Crippen LogP contribution >= 0.6 is 0 Å². The fourth-order valence-electron chi connectivity index (χ4n) is 2.05. The Hall–Kier alpha value is -1.88. The number of benzene rings is 1. The number of nitrogens with two attached hydrogens (primary N) is 1. The summed E-state index contributed by atoms with van der Waals surface area (Å²) in [5.74, 6) is -0.978. The second-order valence-corrected chi connectivity index (χ2v) is 5.51. The van der Waals surface area contributed by atoms with Gasteiger partial charge >= 0.3 is 5.97 Å². The molecule has 0 aromatic heterocycles. The summed E-state index contributed by atoms with van der Waals surface area (Å²) < 4.78 is 0. The molecule has 21 heavy (non-hydrogen) atoms. The van der Waals surface area contributed by atoms with Gasteiger partial charge in [0.05, 0.1) is 0 Å². The summed E-state index contributed by atoms with van der Waals surface area (Å²) in [6.45, 7) is 4.25. The zero-order chi connectivity index (χ0) is 15.9. The minimum Gasteiger partial charge on any atom is -0.481 e. The predicted octanol–water partition coefficient (Wildman–Crippen LogP) is 2.09. The van der Waals surface area contributed by atoms with E-state index in [2.05, 4.69) is 5.32 Å². The number of carboxylic acids is 1. The molecule has 0 saturated heterocycles. The molecule has 1 aromatic rings. The van der Waals surface area contributed by atoms with Crippen molar-refractivity contribution in [1.82, 2.24) is 5.32 Å². The highest BCUT2D eigenvalue weighted by Gasteiger charge is 2.23. The van der Waals surface area contributed by atoms with E-state index in [1.807, 2.05) is 26.0 Å². The predicted molar refractivity (Wildman–Crippen MR) is 82.2 cm³/mol. The van der Waals surface area contributed by atoms with Crippen molar-refractivity contribution in [2.45, 2.75) is 45.1 Å². The smallest absolute Gasteiger partial charge is 0.303 e. The van der Waals surface area contributed by atoms with Gasteiger partial charge in [0.25, 0.3) is 5.91 Å². The first kappa shape index (κ1) is 17.2. The van der Waals surface area contributed by atoms with E-state index in [1.54, 1.807) is 12.1 Å². The Morgan fingerprint density at radius 1 is 1.29 bits per heavy atom. The molecule has 1 aromatic carbocycles. The van der Waals surface area contributed by atoms with Gasteiger partial charge in [0, 0.05) is 24.1 Å². The first-order valence-corrected chi connectivity index (χ1v) is 7.22. The molecular weight excluding hydrogens is 268 g/mol. The van der Waals surface area contributed by atoms with Crippen molar-refractivity contribution < 1.29 is 14.7 Å². The van der Waals surface area contributed by atoms with Gasteiger partial charge in [-0.3, -0.25) is 9.59 Å². The monoisotopic (exact) mass is 292 g/mol. The van der Waals surface area contributed by atoms with Crippen LogP contribution in [0.25, 0.3) is 0 Å². The van der Waals surface area contributed by atoms with Gasteiger partial charge in [-0.15, -0.1) is 0 Å². The lowest BCUT2D eigenvalue weighted by Crippen LogP contribution is -2.49. The van der Waals surface area contributed by atoms with Crippen molar-refractivity contribution in [1.29, 1.82) is 0 Å². The van der Waals surface area contributed by atoms with Gasteiger partial charge in [-0.05, 0) is 38.3 Å². The topological polar surface area (TPSA) is 92.4 Å². The Labute approximate surface area is 125 Å². The molecule has 4 N–H and O–H groups in total. The second-order valence-electron chi connectivity index (χ2n) is 5.51. The Morgan fingerprint density at radius 2 is 1.90 bits per heavy atom. The Morgan fingerprint density at radius 3 is 2.43 bits per heavy atom. The average Bonchev–Trinajstić information content (AvgIpc) is 2.45. The summed E-state index contributed by atoms with van der Waals surface area (Å²) in [6, 6.07) is 7.33. The molecule has 116 valence electrons. The number of carbonyl (C=O) groups is 2. The third-order valence-electron chi connectivity index (χ3n) is 3.68. The third kappa shape index (κ3) is 5.95. The quantitative estimate of drug-likeness (QED) is 0.684. The molecule has 1 unspecified atom stereocenters. The standard InChI is InChI=1S/C16H24N2O3/c1-3-16(17,10-4-5-14(19)20)11-18-15(21)13-8-6-12(2)7-9-13/h6-9H,3-5,10-11,17H2,1-2H3,(H,18,21)(H,19,20). The molecule has 0 heterocycles. The maximum absolute atomic E-state index is 12.0. The van der Waals surface area contributed by atoms with E-state index in [0.29, 0.717) is 31.4 Å². The molecule has 0 radical (unpaired) electrons. The number of aryl methyl sites for hydroxylation is 1. The Bertz CT molecular complexity index is 485. The van der Waals surface area contributed by atoms with E-state index >= 15 is 0 Å². The molecule has 1 amide bonds. The molecule has 0 aliphatic carbocycles. The summed E-state index contributed by atoms with van der Waals surface area (Å²) in [5.41, 5.74) is 7.37. The van der Waals surface area contributed by atoms with Crippen LogP contribution in [0.15, 0.2) is 24.3 Å². The zero-order valence-electron chi connectivity index (χ0n) is 12.7. The van der Waals surface area contributed by atoms with Gasteiger partial charge in [0.1, 0.15) is 0 Å². The van der Waals surface area contributed by atoms with Gasteiger partial charge in [0.2, 0.25) is 0 Å². The number of hydrogen-bond acceptors (Lipinski definition) is 3. The van der Waals surface area contributed by atoms with Crippen LogP contribution in [0.3, 0.4) is 0 Å². The maximum atomic E-state index is 12.0. The lowest BCUT2D eigenvalue weighted by Gasteiger charge is -2.28. The summed E-state index contributed by atoms with van der Waals surface area (Å²) >= 11 is 0. The highest BCUT2D eigenvalue weighted by Crippen LogP contribution is 2.15. The number of carboxylic acid groups (broad SMARTS) is 1. The summed E-state index contributed by atoms with van der Waals surface area (Å²) in [7, 11) is 0. The fourth-order valence-corrected chi connectivity index (χ4v) is 2.05. The molecule has 5 heteroatoms. The fraction of sp³-hybridized carbons (Fsp3) is 0.500. The van der Waals surface area contributed by atoms with E-state index in [-0.39, 0.29) is 12.3 Å². The van der Waals surface area contributed by atoms with E-state index in [1.165, 1.54) is 0 Å². The minimum atomic E-state index is -0.822. The van der Waals surface area contributed by atoms with Crippen molar-refractivity contribution in [3.8, 4) is 0 Å². The van der Waals surface area contributed by atoms with Crippen LogP contribution in [0, 0.1) is 6.92 Å². The van der Waals surface area contributed by atoms with Crippen LogP contribution < -0.4 is 11.1 Å². The molecule has 1 rings (SSSR count). The van der Waals surface area contributed by atoms with Gasteiger partial charge in [-0.25, -0.2) is 0 Å². The second kappa shape index (κ2) is 7.78. The first-order valence-electron chi connectivity index (χ1n) is 7.22. The van der Waals surface area contributed by atoms with Crippen LogP contribution in [0.4, 0.5) is 0 Å². The molecule has 0 bridgehead atoms. The van der Waals surface area contributed by atoms with Crippen LogP contribution in [-0.4, -0.2) is 29.1 Å². The minimum absolute atomic E-state index is 0.102. The molecule has 0 fully saturated rings. The van der Waals surface area contributed by atoms with Crippen molar-refractivity contribution in [3.05, 3.63) is 35.4 Å². The molecule has 5 nitrogen and oxygen atoms in total. The molecular formula is C16H24N2O3. The van der Waals surface area contributed by atoms with Crippen LogP contribution in [0.2, 0.25) is 0 Å². The summed E-state index contributed by atoms with van der Waals surface area (Å²) in [5, 5.41) is 11.5. The maximum Gasteiger partial charge on any atom is 0.303 e. The average molecular weight is 292 g/mol. The summed E-state index contributed by atoms with van der Waals surface area (Å²) in [4.78, 5) is 22.6. The molecule has 0 spiro atoms. The van der Waals surface area contributed by atoms with Gasteiger partial charge in [-0.2, -0.15) is 0 Å². The molecule has 0 aliphatic rings. The lowest BCUT2D eigenvalue weighted by atomic mass is 9.90. The number of carbonyl (C=O) groups excluding carboxylic acids is 1.